The number of amides is 1. The lowest BCUT2D eigenvalue weighted by atomic mass is 9.95. The Morgan fingerprint density at radius 3 is 2.65 bits per heavy atom. The first-order valence-corrected chi connectivity index (χ1v) is 12.8. The van der Waals surface area contributed by atoms with Gasteiger partial charge in [0, 0.05) is 24.3 Å². The van der Waals surface area contributed by atoms with Crippen molar-refractivity contribution in [2.75, 3.05) is 12.4 Å². The van der Waals surface area contributed by atoms with Gasteiger partial charge >= 0.3 is 0 Å². The number of anilines is 1. The van der Waals surface area contributed by atoms with Crippen LogP contribution in [0.1, 0.15) is 56.5 Å². The van der Waals surface area contributed by atoms with Gasteiger partial charge in [0.2, 0.25) is 5.91 Å². The second kappa shape index (κ2) is 11.9. The summed E-state index contributed by atoms with van der Waals surface area (Å²) in [5, 5.41) is 16.1. The van der Waals surface area contributed by atoms with Gasteiger partial charge in [-0.25, -0.2) is 0 Å². The quantitative estimate of drug-likeness (QED) is 0.389. The molecule has 1 aliphatic rings. The Hall–Kier alpha value is -3.00. The molecule has 0 radical (unpaired) electrons. The maximum Gasteiger partial charge on any atom is 0.233 e. The predicted octanol–water partition coefficient (Wildman–Crippen LogP) is 5.20. The molecule has 1 atom stereocenters. The number of rotatable bonds is 10. The molecule has 0 spiro atoms. The van der Waals surface area contributed by atoms with Crippen LogP contribution < -0.4 is 15.4 Å². The molecule has 0 aliphatic heterocycles. The van der Waals surface area contributed by atoms with E-state index in [0.717, 1.165) is 40.8 Å². The minimum absolute atomic E-state index is 0.00287. The maximum absolute atomic E-state index is 12.8. The first-order chi connectivity index (χ1) is 16.6. The van der Waals surface area contributed by atoms with Crippen LogP contribution in [0.5, 0.6) is 5.75 Å². The Balaban J connectivity index is 1.45. The molecule has 4 rings (SSSR count). The molecule has 8 heteroatoms. The molecule has 1 aromatic heterocycles. The summed E-state index contributed by atoms with van der Waals surface area (Å²) < 4.78 is 7.59. The molecule has 2 N–H and O–H groups in total. The van der Waals surface area contributed by atoms with Gasteiger partial charge in [0.15, 0.2) is 11.0 Å². The summed E-state index contributed by atoms with van der Waals surface area (Å²) in [4.78, 5) is 12.8. The van der Waals surface area contributed by atoms with Gasteiger partial charge in [-0.3, -0.25) is 4.79 Å². The van der Waals surface area contributed by atoms with Gasteiger partial charge in [-0.2, -0.15) is 0 Å². The molecule has 1 unspecified atom stereocenters. The summed E-state index contributed by atoms with van der Waals surface area (Å²) in [6.07, 6.45) is 5.93. The number of hydrogen-bond acceptors (Lipinski definition) is 6. The zero-order chi connectivity index (χ0) is 23.8. The Bertz CT molecular complexity index is 1070. The highest BCUT2D eigenvalue weighted by Gasteiger charge is 2.25. The average Bonchev–Trinajstić information content (AvgIpc) is 3.29. The summed E-state index contributed by atoms with van der Waals surface area (Å²) in [6, 6.07) is 18.2. The van der Waals surface area contributed by atoms with Crippen LogP contribution in [0, 0.1) is 0 Å². The summed E-state index contributed by atoms with van der Waals surface area (Å²) in [6.45, 7) is 3.01. The predicted molar refractivity (Wildman–Crippen MR) is 136 cm³/mol. The monoisotopic (exact) mass is 479 g/mol. The summed E-state index contributed by atoms with van der Waals surface area (Å²) in [5.74, 6) is 1.71. The smallest absolute Gasteiger partial charge is 0.233 e. The number of aromatic nitrogens is 3. The highest BCUT2D eigenvalue weighted by Crippen LogP contribution is 2.34. The molecule has 3 aromatic rings. The first kappa shape index (κ1) is 24.1. The summed E-state index contributed by atoms with van der Waals surface area (Å²) in [5.41, 5.74) is 2.06. The van der Waals surface area contributed by atoms with Gasteiger partial charge in [-0.1, -0.05) is 67.4 Å². The Morgan fingerprint density at radius 2 is 1.88 bits per heavy atom. The van der Waals surface area contributed by atoms with Gasteiger partial charge in [-0.05, 0) is 37.5 Å². The molecular weight excluding hydrogens is 446 g/mol. The van der Waals surface area contributed by atoms with E-state index in [0.29, 0.717) is 19.1 Å². The molecule has 1 aliphatic carbocycles. The van der Waals surface area contributed by atoms with Crippen LogP contribution in [-0.4, -0.2) is 33.0 Å². The van der Waals surface area contributed by atoms with Crippen LogP contribution in [0.3, 0.4) is 0 Å². The Kier molecular flexibility index (Phi) is 8.46. The Labute approximate surface area is 205 Å². The van der Waals surface area contributed by atoms with Crippen LogP contribution in [0.2, 0.25) is 0 Å². The van der Waals surface area contributed by atoms with Gasteiger partial charge in [-0.15, -0.1) is 10.2 Å². The van der Waals surface area contributed by atoms with Gasteiger partial charge < -0.3 is 19.9 Å². The molecule has 1 amide bonds. The molecule has 34 heavy (non-hydrogen) atoms. The zero-order valence-electron chi connectivity index (χ0n) is 19.9. The lowest BCUT2D eigenvalue weighted by molar-refractivity contribution is -0.120. The molecule has 0 bridgehead atoms. The van der Waals surface area contributed by atoms with E-state index in [2.05, 4.69) is 25.4 Å². The number of ether oxygens (including phenoxy) is 1. The summed E-state index contributed by atoms with van der Waals surface area (Å²) >= 11 is 1.49. The number of thioether (sulfide) groups is 1. The third-order valence-corrected chi connectivity index (χ3v) is 7.21. The van der Waals surface area contributed by atoms with Crippen molar-refractivity contribution in [3.63, 3.8) is 0 Å². The van der Waals surface area contributed by atoms with Crippen molar-refractivity contribution in [2.24, 2.45) is 0 Å². The SMILES string of the molecule is COc1cccc(NCc2nnc(SC(C)C(=O)NCc3ccccc3)n2C2CCCCC2)c1. The van der Waals surface area contributed by atoms with Crippen molar-refractivity contribution < 1.29 is 9.53 Å². The van der Waals surface area contributed by atoms with Crippen LogP contribution in [0.15, 0.2) is 59.8 Å². The molecule has 1 heterocycles. The number of hydrogen-bond donors (Lipinski definition) is 2. The molecule has 7 nitrogen and oxygen atoms in total. The lowest BCUT2D eigenvalue weighted by Gasteiger charge is -2.26. The molecule has 1 fully saturated rings. The third kappa shape index (κ3) is 6.32. The fourth-order valence-corrected chi connectivity index (χ4v) is 5.23. The number of carbonyl (C=O) groups excluding carboxylic acids is 1. The zero-order valence-corrected chi connectivity index (χ0v) is 20.7. The second-order valence-electron chi connectivity index (χ2n) is 8.61. The fraction of sp³-hybridized carbons (Fsp3) is 0.423. The second-order valence-corrected chi connectivity index (χ2v) is 9.92. The van der Waals surface area contributed by atoms with Crippen molar-refractivity contribution in [1.82, 2.24) is 20.1 Å². The van der Waals surface area contributed by atoms with E-state index >= 15 is 0 Å². The largest absolute Gasteiger partial charge is 0.497 e. The van der Waals surface area contributed by atoms with Gasteiger partial charge in [0.25, 0.3) is 0 Å². The van der Waals surface area contributed by atoms with E-state index in [-0.39, 0.29) is 11.2 Å². The summed E-state index contributed by atoms with van der Waals surface area (Å²) in [7, 11) is 1.67. The molecular formula is C26H33N5O2S. The van der Waals surface area contributed by atoms with E-state index in [4.69, 9.17) is 4.74 Å². The van der Waals surface area contributed by atoms with Crippen molar-refractivity contribution >= 4 is 23.4 Å². The highest BCUT2D eigenvalue weighted by atomic mass is 32.2. The number of carbonyl (C=O) groups is 1. The molecule has 1 saturated carbocycles. The topological polar surface area (TPSA) is 81.1 Å². The van der Waals surface area contributed by atoms with Crippen molar-refractivity contribution in [3.8, 4) is 5.75 Å². The molecule has 180 valence electrons. The normalized spacial score (nSPS) is 15.0. The fourth-order valence-electron chi connectivity index (χ4n) is 4.27. The van der Waals surface area contributed by atoms with Crippen LogP contribution in [0.25, 0.3) is 0 Å². The third-order valence-electron chi connectivity index (χ3n) is 6.16. The van der Waals surface area contributed by atoms with E-state index in [1.54, 1.807) is 7.11 Å². The van der Waals surface area contributed by atoms with Crippen molar-refractivity contribution in [1.29, 1.82) is 0 Å². The number of nitrogens with zero attached hydrogens (tertiary/aromatic N) is 3. The average molecular weight is 480 g/mol. The minimum Gasteiger partial charge on any atom is -0.497 e. The number of benzene rings is 2. The van der Waals surface area contributed by atoms with Crippen LogP contribution in [-0.2, 0) is 17.9 Å². The van der Waals surface area contributed by atoms with Gasteiger partial charge in [0.1, 0.15) is 5.75 Å². The highest BCUT2D eigenvalue weighted by molar-refractivity contribution is 8.00. The van der Waals surface area contributed by atoms with E-state index < -0.39 is 0 Å². The first-order valence-electron chi connectivity index (χ1n) is 11.9. The Morgan fingerprint density at radius 1 is 1.09 bits per heavy atom. The van der Waals surface area contributed by atoms with Crippen molar-refractivity contribution in [3.05, 3.63) is 66.0 Å². The van der Waals surface area contributed by atoms with E-state index in [9.17, 15) is 4.79 Å². The van der Waals surface area contributed by atoms with Crippen molar-refractivity contribution in [2.45, 2.75) is 68.6 Å². The van der Waals surface area contributed by atoms with E-state index in [1.807, 2.05) is 61.5 Å². The maximum atomic E-state index is 12.8. The lowest BCUT2D eigenvalue weighted by Crippen LogP contribution is -2.30. The van der Waals surface area contributed by atoms with Crippen LogP contribution >= 0.6 is 11.8 Å². The standard InChI is InChI=1S/C26H33N5O2S/c1-19(25(32)28-17-20-10-5-3-6-11-20)34-26-30-29-24(31(26)22-13-7-4-8-14-22)18-27-21-12-9-15-23(16-21)33-2/h3,5-6,9-12,15-16,19,22,27H,4,7-8,13-14,17-18H2,1-2H3,(H,28,32). The minimum atomic E-state index is -0.269. The van der Waals surface area contributed by atoms with E-state index in [1.165, 1.54) is 31.0 Å². The molecule has 2 aromatic carbocycles. The molecule has 0 saturated heterocycles. The number of nitrogens with one attached hydrogen (secondary N) is 2. The number of methoxy groups -OCH3 is 1. The van der Waals surface area contributed by atoms with Crippen LogP contribution in [0.4, 0.5) is 5.69 Å². The van der Waals surface area contributed by atoms with Gasteiger partial charge in [0.05, 0.1) is 18.9 Å².